The molecule has 1 saturated heterocycles. The van der Waals surface area contributed by atoms with Crippen LogP contribution in [0.25, 0.3) is 0 Å². The van der Waals surface area contributed by atoms with Gasteiger partial charge in [-0.3, -0.25) is 0 Å². The fourth-order valence-corrected chi connectivity index (χ4v) is 2.71. The molecule has 4 nitrogen and oxygen atoms in total. The average molecular weight is 263 g/mol. The molecular formula is C15H25N3O. The number of ether oxygens (including phenoxy) is 1. The summed E-state index contributed by atoms with van der Waals surface area (Å²) in [5.41, 5.74) is 8.47. The predicted molar refractivity (Wildman–Crippen MR) is 79.9 cm³/mol. The molecular weight excluding hydrogens is 238 g/mol. The summed E-state index contributed by atoms with van der Waals surface area (Å²) in [5.74, 6) is 0.888. The van der Waals surface area contributed by atoms with E-state index in [9.17, 15) is 0 Å². The van der Waals surface area contributed by atoms with Crippen LogP contribution in [0.5, 0.6) is 5.75 Å². The van der Waals surface area contributed by atoms with Crippen LogP contribution in [0.4, 0.5) is 5.69 Å². The van der Waals surface area contributed by atoms with E-state index in [0.717, 1.165) is 30.9 Å². The van der Waals surface area contributed by atoms with Crippen LogP contribution in [-0.4, -0.2) is 44.7 Å². The number of piperazine rings is 1. The maximum atomic E-state index is 6.14. The summed E-state index contributed by atoms with van der Waals surface area (Å²) in [6.07, 6.45) is 0. The smallest absolute Gasteiger partial charge is 0.125 e. The van der Waals surface area contributed by atoms with E-state index >= 15 is 0 Å². The summed E-state index contributed by atoms with van der Waals surface area (Å²) in [6, 6.07) is 6.71. The zero-order valence-electron chi connectivity index (χ0n) is 12.4. The Bertz CT molecular complexity index is 433. The van der Waals surface area contributed by atoms with Crippen LogP contribution in [0.15, 0.2) is 18.2 Å². The first-order chi connectivity index (χ1) is 9.04. The Morgan fingerprint density at radius 3 is 2.68 bits per heavy atom. The van der Waals surface area contributed by atoms with Crippen molar-refractivity contribution >= 4 is 5.69 Å². The van der Waals surface area contributed by atoms with Crippen LogP contribution in [-0.2, 0) is 0 Å². The maximum Gasteiger partial charge on any atom is 0.125 e. The molecule has 1 heterocycles. The van der Waals surface area contributed by atoms with Gasteiger partial charge in [-0.25, -0.2) is 0 Å². The van der Waals surface area contributed by atoms with E-state index in [-0.39, 0.29) is 6.04 Å². The second-order valence-corrected chi connectivity index (χ2v) is 5.46. The molecule has 0 bridgehead atoms. The highest BCUT2D eigenvalue weighted by molar-refractivity contribution is 5.61. The van der Waals surface area contributed by atoms with Gasteiger partial charge in [0.1, 0.15) is 5.75 Å². The monoisotopic (exact) mass is 263 g/mol. The molecule has 0 amide bonds. The van der Waals surface area contributed by atoms with Crippen LogP contribution in [0.2, 0.25) is 0 Å². The Morgan fingerprint density at radius 2 is 2.11 bits per heavy atom. The third-order valence-corrected chi connectivity index (χ3v) is 4.02. The summed E-state index contributed by atoms with van der Waals surface area (Å²) < 4.78 is 5.47. The quantitative estimate of drug-likeness (QED) is 0.904. The summed E-state index contributed by atoms with van der Waals surface area (Å²) in [5, 5.41) is 0. The van der Waals surface area contributed by atoms with Crippen LogP contribution in [0.3, 0.4) is 0 Å². The Hall–Kier alpha value is -1.26. The van der Waals surface area contributed by atoms with Gasteiger partial charge in [-0.05, 0) is 33.0 Å². The molecule has 4 heteroatoms. The molecule has 19 heavy (non-hydrogen) atoms. The molecule has 2 rings (SSSR count). The first-order valence-electron chi connectivity index (χ1n) is 6.92. The molecule has 0 spiro atoms. The molecule has 1 fully saturated rings. The lowest BCUT2D eigenvalue weighted by atomic mass is 10.0. The van der Waals surface area contributed by atoms with Gasteiger partial charge in [0.05, 0.1) is 7.11 Å². The van der Waals surface area contributed by atoms with Crippen LogP contribution in [0, 0.1) is 0 Å². The molecule has 1 aromatic carbocycles. The number of nitrogens with two attached hydrogens (primary N) is 1. The number of likely N-dealkylation sites (N-methyl/N-ethyl adjacent to an activating group) is 1. The van der Waals surface area contributed by atoms with Gasteiger partial charge in [0.2, 0.25) is 0 Å². The van der Waals surface area contributed by atoms with Crippen molar-refractivity contribution in [3.63, 3.8) is 0 Å². The second kappa shape index (κ2) is 5.80. The lowest BCUT2D eigenvalue weighted by molar-refractivity contribution is 0.234. The van der Waals surface area contributed by atoms with Crippen molar-refractivity contribution < 1.29 is 4.74 Å². The minimum absolute atomic E-state index is 0.0267. The Labute approximate surface area is 116 Å². The Kier molecular flexibility index (Phi) is 4.32. The third kappa shape index (κ3) is 2.85. The van der Waals surface area contributed by atoms with Crippen molar-refractivity contribution in [3.8, 4) is 5.75 Å². The number of anilines is 1. The largest absolute Gasteiger partial charge is 0.496 e. The normalized spacial score (nSPS) is 22.4. The predicted octanol–water partition coefficient (Wildman–Crippen LogP) is 1.86. The average Bonchev–Trinajstić information content (AvgIpc) is 2.40. The van der Waals surface area contributed by atoms with Crippen molar-refractivity contribution in [1.29, 1.82) is 0 Å². The van der Waals surface area contributed by atoms with Gasteiger partial charge < -0.3 is 20.3 Å². The lowest BCUT2D eigenvalue weighted by Crippen LogP contribution is -2.50. The molecule has 2 atom stereocenters. The summed E-state index contributed by atoms with van der Waals surface area (Å²) in [6.45, 7) is 7.42. The SMILES string of the molecule is COc1cccc(N2CCN(C)C(C)C2)c1[C@@H](C)N. The molecule has 2 N–H and O–H groups in total. The minimum Gasteiger partial charge on any atom is -0.496 e. The van der Waals surface area contributed by atoms with Crippen LogP contribution in [0.1, 0.15) is 25.5 Å². The minimum atomic E-state index is -0.0267. The number of hydrogen-bond donors (Lipinski definition) is 1. The highest BCUT2D eigenvalue weighted by Crippen LogP contribution is 2.34. The third-order valence-electron chi connectivity index (χ3n) is 4.02. The molecule has 0 radical (unpaired) electrons. The summed E-state index contributed by atoms with van der Waals surface area (Å²) in [7, 11) is 3.89. The van der Waals surface area contributed by atoms with Crippen molar-refractivity contribution in [2.45, 2.75) is 25.9 Å². The standard InChI is InChI=1S/C15H25N3O/c1-11-10-18(9-8-17(11)3)13-6-5-7-14(19-4)15(13)12(2)16/h5-7,11-12H,8-10,16H2,1-4H3/t11?,12-/m1/s1. The number of hydrogen-bond acceptors (Lipinski definition) is 4. The lowest BCUT2D eigenvalue weighted by Gasteiger charge is -2.40. The molecule has 0 aromatic heterocycles. The van der Waals surface area contributed by atoms with E-state index in [1.807, 2.05) is 19.1 Å². The van der Waals surface area contributed by atoms with Gasteiger partial charge in [-0.1, -0.05) is 6.07 Å². The fraction of sp³-hybridized carbons (Fsp3) is 0.600. The second-order valence-electron chi connectivity index (χ2n) is 5.46. The Balaban J connectivity index is 2.34. The van der Waals surface area contributed by atoms with Crippen molar-refractivity contribution in [1.82, 2.24) is 4.90 Å². The summed E-state index contributed by atoms with van der Waals surface area (Å²) >= 11 is 0. The van der Waals surface area contributed by atoms with Gasteiger partial charge in [0.15, 0.2) is 0 Å². The molecule has 106 valence electrons. The number of rotatable bonds is 3. The number of benzene rings is 1. The molecule has 1 aliphatic rings. The zero-order valence-corrected chi connectivity index (χ0v) is 12.4. The van der Waals surface area contributed by atoms with E-state index < -0.39 is 0 Å². The van der Waals surface area contributed by atoms with Gasteiger partial charge in [0.25, 0.3) is 0 Å². The molecule has 1 aliphatic heterocycles. The van der Waals surface area contributed by atoms with E-state index in [2.05, 4.69) is 29.8 Å². The summed E-state index contributed by atoms with van der Waals surface area (Å²) in [4.78, 5) is 4.81. The van der Waals surface area contributed by atoms with Gasteiger partial charge >= 0.3 is 0 Å². The Morgan fingerprint density at radius 1 is 1.37 bits per heavy atom. The van der Waals surface area contributed by atoms with Gasteiger partial charge in [0, 0.05) is 43.0 Å². The number of nitrogens with zero attached hydrogens (tertiary/aromatic N) is 2. The van der Waals surface area contributed by atoms with Gasteiger partial charge in [-0.15, -0.1) is 0 Å². The van der Waals surface area contributed by atoms with E-state index in [1.54, 1.807) is 7.11 Å². The molecule has 1 unspecified atom stereocenters. The topological polar surface area (TPSA) is 41.7 Å². The van der Waals surface area contributed by atoms with Crippen LogP contribution >= 0.6 is 0 Å². The van der Waals surface area contributed by atoms with E-state index in [4.69, 9.17) is 10.5 Å². The van der Waals surface area contributed by atoms with Gasteiger partial charge in [-0.2, -0.15) is 0 Å². The highest BCUT2D eigenvalue weighted by Gasteiger charge is 2.24. The van der Waals surface area contributed by atoms with Crippen LogP contribution < -0.4 is 15.4 Å². The highest BCUT2D eigenvalue weighted by atomic mass is 16.5. The van der Waals surface area contributed by atoms with Crippen molar-refractivity contribution in [3.05, 3.63) is 23.8 Å². The van der Waals surface area contributed by atoms with Crippen molar-refractivity contribution in [2.75, 3.05) is 38.7 Å². The molecule has 0 saturated carbocycles. The number of methoxy groups -OCH3 is 1. The van der Waals surface area contributed by atoms with Crippen molar-refractivity contribution in [2.24, 2.45) is 5.73 Å². The maximum absolute atomic E-state index is 6.14. The fourth-order valence-electron chi connectivity index (χ4n) is 2.71. The molecule has 1 aromatic rings. The zero-order chi connectivity index (χ0) is 14.0. The molecule has 0 aliphatic carbocycles. The van der Waals surface area contributed by atoms with E-state index in [0.29, 0.717) is 6.04 Å². The first kappa shape index (κ1) is 14.2. The first-order valence-corrected chi connectivity index (χ1v) is 6.92. The van der Waals surface area contributed by atoms with E-state index in [1.165, 1.54) is 5.69 Å².